The highest BCUT2D eigenvalue weighted by molar-refractivity contribution is 5.66. The van der Waals surface area contributed by atoms with Crippen LogP contribution in [0.4, 0.5) is 0 Å². The molecule has 1 rings (SSSR count). The van der Waals surface area contributed by atoms with Gasteiger partial charge in [0.15, 0.2) is 0 Å². The van der Waals surface area contributed by atoms with Gasteiger partial charge in [-0.2, -0.15) is 0 Å². The third-order valence-corrected chi connectivity index (χ3v) is 5.89. The van der Waals surface area contributed by atoms with Crippen LogP contribution in [-0.4, -0.2) is 6.10 Å². The summed E-state index contributed by atoms with van der Waals surface area (Å²) in [4.78, 5) is 0. The number of benzene rings is 1. The van der Waals surface area contributed by atoms with Crippen LogP contribution in [0.5, 0.6) is 5.75 Å². The first-order valence-corrected chi connectivity index (χ1v) is 12.6. The Morgan fingerprint density at radius 2 is 1.21 bits per heavy atom. The zero-order valence-corrected chi connectivity index (χ0v) is 19.8. The van der Waals surface area contributed by atoms with Gasteiger partial charge < -0.3 is 4.74 Å². The van der Waals surface area contributed by atoms with Crippen molar-refractivity contribution in [1.29, 1.82) is 0 Å². The average molecular weight is 401 g/mol. The van der Waals surface area contributed by atoms with E-state index in [-0.39, 0.29) is 6.10 Å². The van der Waals surface area contributed by atoms with Crippen molar-refractivity contribution in [2.24, 2.45) is 0 Å². The van der Waals surface area contributed by atoms with Crippen LogP contribution in [0.1, 0.15) is 129 Å². The van der Waals surface area contributed by atoms with Crippen LogP contribution >= 0.6 is 0 Å². The van der Waals surface area contributed by atoms with E-state index in [4.69, 9.17) is 4.74 Å². The molecule has 1 aromatic rings. The summed E-state index contributed by atoms with van der Waals surface area (Å²) < 4.78 is 6.17. The molecule has 0 aliphatic rings. The summed E-state index contributed by atoms with van der Waals surface area (Å²) >= 11 is 0. The summed E-state index contributed by atoms with van der Waals surface area (Å²) in [7, 11) is 0. The lowest BCUT2D eigenvalue weighted by Gasteiger charge is -2.17. The Kier molecular flexibility index (Phi) is 15.7. The number of allylic oxidation sites excluding steroid dienone is 1. The molecule has 166 valence electrons. The molecule has 1 atom stereocenters. The molecule has 1 heteroatoms. The summed E-state index contributed by atoms with van der Waals surface area (Å²) in [5.41, 5.74) is 2.20. The van der Waals surface area contributed by atoms with Crippen molar-refractivity contribution in [3.05, 3.63) is 36.4 Å². The highest BCUT2D eigenvalue weighted by Gasteiger charge is 2.08. The topological polar surface area (TPSA) is 9.23 Å². The number of ether oxygens (including phenoxy) is 1. The van der Waals surface area contributed by atoms with E-state index in [1.807, 2.05) is 13.0 Å². The molecule has 0 heterocycles. The lowest BCUT2D eigenvalue weighted by atomic mass is 10.0. The molecule has 0 N–H and O–H groups in total. The molecule has 1 aromatic carbocycles. The van der Waals surface area contributed by atoms with Crippen molar-refractivity contribution in [2.45, 2.75) is 130 Å². The van der Waals surface area contributed by atoms with Crippen molar-refractivity contribution in [1.82, 2.24) is 0 Å². The van der Waals surface area contributed by atoms with Gasteiger partial charge in [0, 0.05) is 5.56 Å². The summed E-state index contributed by atoms with van der Waals surface area (Å²) in [6.45, 7) is 10.6. The van der Waals surface area contributed by atoms with Gasteiger partial charge in [0.1, 0.15) is 5.75 Å². The quantitative estimate of drug-likeness (QED) is 0.210. The number of unbranched alkanes of at least 4 members (excludes halogenated alkanes) is 14. The standard InChI is InChI=1S/C28H48O/c1-5-6-7-8-9-10-11-12-13-14-15-16-17-18-19-22-26(4)29-28-24-21-20-23-27(28)25(2)3/h20-21,23-24,26H,2,5-19,22H2,1,3-4H3. The van der Waals surface area contributed by atoms with E-state index in [0.29, 0.717) is 0 Å². The van der Waals surface area contributed by atoms with E-state index in [9.17, 15) is 0 Å². The maximum absolute atomic E-state index is 6.17. The lowest BCUT2D eigenvalue weighted by molar-refractivity contribution is 0.205. The van der Waals surface area contributed by atoms with Crippen LogP contribution in [-0.2, 0) is 0 Å². The average Bonchev–Trinajstić information content (AvgIpc) is 2.71. The van der Waals surface area contributed by atoms with Gasteiger partial charge in [0.25, 0.3) is 0 Å². The first kappa shape index (κ1) is 25.8. The molecule has 29 heavy (non-hydrogen) atoms. The van der Waals surface area contributed by atoms with E-state index in [2.05, 4.69) is 38.6 Å². The number of para-hydroxylation sites is 1. The molecular weight excluding hydrogens is 352 g/mol. The Balaban J connectivity index is 1.91. The Morgan fingerprint density at radius 3 is 1.69 bits per heavy atom. The van der Waals surface area contributed by atoms with E-state index >= 15 is 0 Å². The van der Waals surface area contributed by atoms with Crippen LogP contribution in [0.2, 0.25) is 0 Å². The molecule has 0 fully saturated rings. The summed E-state index contributed by atoms with van der Waals surface area (Å²) in [5, 5.41) is 0. The molecule has 0 radical (unpaired) electrons. The first-order chi connectivity index (χ1) is 14.1. The van der Waals surface area contributed by atoms with Crippen molar-refractivity contribution in [3.63, 3.8) is 0 Å². The van der Waals surface area contributed by atoms with Gasteiger partial charge in [-0.05, 0) is 38.3 Å². The Morgan fingerprint density at radius 1 is 0.759 bits per heavy atom. The molecule has 1 nitrogen and oxygen atoms in total. The van der Waals surface area contributed by atoms with E-state index < -0.39 is 0 Å². The Bertz CT molecular complexity index is 519. The van der Waals surface area contributed by atoms with Crippen molar-refractivity contribution in [3.8, 4) is 5.75 Å². The molecule has 0 spiro atoms. The van der Waals surface area contributed by atoms with Crippen LogP contribution < -0.4 is 4.74 Å². The third-order valence-electron chi connectivity index (χ3n) is 5.89. The zero-order chi connectivity index (χ0) is 21.2. The summed E-state index contributed by atoms with van der Waals surface area (Å²) in [6.07, 6.45) is 22.6. The van der Waals surface area contributed by atoms with Crippen molar-refractivity contribution < 1.29 is 4.74 Å². The fraction of sp³-hybridized carbons (Fsp3) is 0.714. The minimum absolute atomic E-state index is 0.275. The van der Waals surface area contributed by atoms with Crippen LogP contribution in [0.25, 0.3) is 5.57 Å². The van der Waals surface area contributed by atoms with Crippen molar-refractivity contribution >= 4 is 5.57 Å². The predicted molar refractivity (Wildman–Crippen MR) is 131 cm³/mol. The number of rotatable bonds is 19. The molecule has 0 bridgehead atoms. The van der Waals surface area contributed by atoms with Gasteiger partial charge in [0.05, 0.1) is 6.10 Å². The first-order valence-electron chi connectivity index (χ1n) is 12.6. The molecule has 0 amide bonds. The molecule has 0 saturated heterocycles. The second kappa shape index (κ2) is 17.6. The maximum atomic E-state index is 6.17. The fourth-order valence-electron chi connectivity index (χ4n) is 4.00. The van der Waals surface area contributed by atoms with E-state index in [1.54, 1.807) is 0 Å². The van der Waals surface area contributed by atoms with Gasteiger partial charge in [-0.15, -0.1) is 0 Å². The van der Waals surface area contributed by atoms with E-state index in [0.717, 1.165) is 23.3 Å². The van der Waals surface area contributed by atoms with Crippen LogP contribution in [0, 0.1) is 0 Å². The fourth-order valence-corrected chi connectivity index (χ4v) is 4.00. The molecule has 0 aliphatic carbocycles. The van der Waals surface area contributed by atoms with Crippen molar-refractivity contribution in [2.75, 3.05) is 0 Å². The molecule has 0 saturated carbocycles. The monoisotopic (exact) mass is 400 g/mol. The third kappa shape index (κ3) is 13.6. The highest BCUT2D eigenvalue weighted by atomic mass is 16.5. The SMILES string of the molecule is C=C(C)c1ccccc1OC(C)CCCCCCCCCCCCCCCCC. The second-order valence-corrected chi connectivity index (χ2v) is 8.94. The largest absolute Gasteiger partial charge is 0.490 e. The van der Waals surface area contributed by atoms with Gasteiger partial charge in [-0.3, -0.25) is 0 Å². The molecular formula is C28H48O. The zero-order valence-electron chi connectivity index (χ0n) is 19.8. The minimum atomic E-state index is 0.275. The second-order valence-electron chi connectivity index (χ2n) is 8.94. The molecule has 0 aromatic heterocycles. The normalized spacial score (nSPS) is 12.1. The van der Waals surface area contributed by atoms with Crippen LogP contribution in [0.15, 0.2) is 30.8 Å². The summed E-state index contributed by atoms with van der Waals surface area (Å²) in [6, 6.07) is 8.25. The Labute approximate surface area is 182 Å². The molecule has 0 aliphatic heterocycles. The van der Waals surface area contributed by atoms with Gasteiger partial charge in [-0.1, -0.05) is 122 Å². The number of hydrogen-bond acceptors (Lipinski definition) is 1. The summed E-state index contributed by atoms with van der Waals surface area (Å²) in [5.74, 6) is 0.980. The molecule has 1 unspecified atom stereocenters. The van der Waals surface area contributed by atoms with Gasteiger partial charge in [-0.25, -0.2) is 0 Å². The van der Waals surface area contributed by atoms with Gasteiger partial charge in [0.2, 0.25) is 0 Å². The van der Waals surface area contributed by atoms with Crippen LogP contribution in [0.3, 0.4) is 0 Å². The highest BCUT2D eigenvalue weighted by Crippen LogP contribution is 2.26. The maximum Gasteiger partial charge on any atom is 0.127 e. The predicted octanol–water partition coefficient (Wildman–Crippen LogP) is 9.75. The lowest BCUT2D eigenvalue weighted by Crippen LogP contribution is -2.12. The Hall–Kier alpha value is -1.24. The van der Waals surface area contributed by atoms with Gasteiger partial charge >= 0.3 is 0 Å². The minimum Gasteiger partial charge on any atom is -0.490 e. The smallest absolute Gasteiger partial charge is 0.127 e. The van der Waals surface area contributed by atoms with E-state index in [1.165, 1.54) is 96.3 Å². The number of hydrogen-bond donors (Lipinski definition) is 0.